The molecule has 0 aromatic rings. The molecule has 1 unspecified atom stereocenters. The fraction of sp³-hybridized carbons (Fsp3) is 0. The van der Waals surface area contributed by atoms with Crippen molar-refractivity contribution in [1.29, 1.82) is 0 Å². The van der Waals surface area contributed by atoms with Crippen LogP contribution in [0.25, 0.3) is 0 Å². The van der Waals surface area contributed by atoms with Crippen molar-refractivity contribution in [3.8, 4) is 0 Å². The largest absolute Gasteiger partial charge is 2.00 e. The number of hydrogen-bond donors (Lipinski definition) is 6. The molecule has 0 saturated carbocycles. The Morgan fingerprint density at radius 1 is 0.714 bits per heavy atom. The maximum atomic E-state index is 9.63. The fourth-order valence-corrected chi connectivity index (χ4v) is 2.38. The van der Waals surface area contributed by atoms with Crippen LogP contribution in [0.1, 0.15) is 0 Å². The van der Waals surface area contributed by atoms with Gasteiger partial charge in [0.2, 0.25) is 0 Å². The molecule has 21 heteroatoms. The standard InChI is InChI=1S/Cu.K.H3N.2H4O7P2/c;;;2*1-8(2,3)7-9(4,5)6/h;;1H3;2*(H2,1,2,3)(H2,4,5,6)/q+2;+1;;;/p-3. The zero-order chi connectivity index (χ0) is 15.4. The average Bonchev–Trinajstić information content (AvgIpc) is 1.64. The van der Waals surface area contributed by atoms with Gasteiger partial charge in [0.05, 0.1) is 7.82 Å². The van der Waals surface area contributed by atoms with Crippen molar-refractivity contribution in [3.63, 3.8) is 0 Å². The van der Waals surface area contributed by atoms with E-state index in [2.05, 4.69) is 8.62 Å². The van der Waals surface area contributed by atoms with Gasteiger partial charge in [-0.25, -0.2) is 9.13 Å². The van der Waals surface area contributed by atoms with E-state index in [9.17, 15) is 32.9 Å². The summed E-state index contributed by atoms with van der Waals surface area (Å²) in [5.41, 5.74) is 0. The third-order valence-corrected chi connectivity index (χ3v) is 3.74. The first-order valence-electron chi connectivity index (χ1n) is 3.01. The molecule has 0 heterocycles. The maximum absolute atomic E-state index is 9.63. The zero-order valence-electron chi connectivity index (χ0n) is 9.71. The smallest absolute Gasteiger partial charge is 0.790 e. The van der Waals surface area contributed by atoms with Crippen LogP contribution in [0.3, 0.4) is 0 Å². The first-order chi connectivity index (χ1) is 7.41. The van der Waals surface area contributed by atoms with Crippen LogP contribution in [0, 0.1) is 0 Å². The normalized spacial score (nSPS) is 14.1. The first-order valence-corrected chi connectivity index (χ1v) is 9.02. The summed E-state index contributed by atoms with van der Waals surface area (Å²) < 4.78 is 43.6. The minimum atomic E-state index is -5.61. The van der Waals surface area contributed by atoms with Gasteiger partial charge in [0.15, 0.2) is 0 Å². The Kier molecular flexibility index (Phi) is 21.5. The van der Waals surface area contributed by atoms with Crippen molar-refractivity contribution in [2.75, 3.05) is 0 Å². The Morgan fingerprint density at radius 2 is 0.952 bits per heavy atom. The summed E-state index contributed by atoms with van der Waals surface area (Å²) in [6.07, 6.45) is 0. The Balaban J connectivity index is -0.0000000711. The summed E-state index contributed by atoms with van der Waals surface area (Å²) in [5.74, 6) is 0. The fourth-order valence-electron chi connectivity index (χ4n) is 0.265. The van der Waals surface area contributed by atoms with Crippen LogP contribution in [0.15, 0.2) is 0 Å². The Hall–Kier alpha value is 2.64. The second-order valence-corrected chi connectivity index (χ2v) is 7.16. The van der Waals surface area contributed by atoms with Gasteiger partial charge in [-0.1, -0.05) is 0 Å². The Bertz CT molecular complexity index is 354. The van der Waals surface area contributed by atoms with Gasteiger partial charge < -0.3 is 49.9 Å². The summed E-state index contributed by atoms with van der Waals surface area (Å²) >= 11 is 0. The van der Waals surface area contributed by atoms with Gasteiger partial charge in [0, 0.05) is 0 Å². The van der Waals surface area contributed by atoms with E-state index >= 15 is 0 Å². The van der Waals surface area contributed by atoms with Crippen molar-refractivity contribution in [2.45, 2.75) is 0 Å². The van der Waals surface area contributed by atoms with E-state index in [1.165, 1.54) is 0 Å². The molecule has 8 N–H and O–H groups in total. The number of rotatable bonds is 4. The molecule has 0 fully saturated rings. The molecule has 0 spiro atoms. The molecule has 0 aromatic heterocycles. The summed E-state index contributed by atoms with van der Waals surface area (Å²) in [6, 6.07) is 0. The molecule has 0 aromatic carbocycles. The average molecular weight is 473 g/mol. The quantitative estimate of drug-likeness (QED) is 0.164. The van der Waals surface area contributed by atoms with Gasteiger partial charge in [0.1, 0.15) is 0 Å². The second-order valence-electron chi connectivity index (χ2n) is 2.06. The molecule has 1 atom stereocenters. The monoisotopic (exact) mass is 472 g/mol. The van der Waals surface area contributed by atoms with Crippen LogP contribution in [0.5, 0.6) is 0 Å². The number of hydrogen-bond acceptors (Lipinski definition) is 10. The summed E-state index contributed by atoms with van der Waals surface area (Å²) in [7, 11) is -21.1. The molecule has 21 heavy (non-hydrogen) atoms. The minimum Gasteiger partial charge on any atom is -0.790 e. The van der Waals surface area contributed by atoms with E-state index in [0.717, 1.165) is 0 Å². The van der Waals surface area contributed by atoms with Gasteiger partial charge >= 0.3 is 84.1 Å². The summed E-state index contributed by atoms with van der Waals surface area (Å²) in [4.78, 5) is 66.7. The molecule has 0 rings (SSSR count). The van der Waals surface area contributed by atoms with Crippen LogP contribution in [0.2, 0.25) is 0 Å². The van der Waals surface area contributed by atoms with Gasteiger partial charge in [-0.05, 0) is 0 Å². The minimum absolute atomic E-state index is 0. The van der Waals surface area contributed by atoms with Crippen molar-refractivity contribution in [2.24, 2.45) is 0 Å². The maximum Gasteiger partial charge on any atom is 2.00 e. The van der Waals surface area contributed by atoms with Gasteiger partial charge in [0.25, 0.3) is 7.82 Å². The first kappa shape index (κ1) is 34.9. The number of phosphoric acid groups is 4. The van der Waals surface area contributed by atoms with Crippen molar-refractivity contribution in [3.05, 3.63) is 0 Å². The van der Waals surface area contributed by atoms with Crippen LogP contribution >= 0.6 is 31.3 Å². The molecule has 0 bridgehead atoms. The van der Waals surface area contributed by atoms with Gasteiger partial charge in [-0.2, -0.15) is 4.31 Å². The van der Waals surface area contributed by atoms with E-state index < -0.39 is 31.3 Å². The molecule has 1 radical (unpaired) electrons. The van der Waals surface area contributed by atoms with E-state index in [4.69, 9.17) is 24.5 Å². The molecule has 0 aliphatic heterocycles. The van der Waals surface area contributed by atoms with Crippen LogP contribution in [0.4, 0.5) is 0 Å². The zero-order valence-corrected chi connectivity index (χ0v) is 17.4. The summed E-state index contributed by atoms with van der Waals surface area (Å²) in [5, 5.41) is 0. The van der Waals surface area contributed by atoms with Crippen molar-refractivity contribution >= 4 is 31.3 Å². The molecule has 0 aliphatic carbocycles. The molecule has 0 saturated heterocycles. The third-order valence-electron chi connectivity index (χ3n) is 0.416. The molecular weight excluding hydrogens is 465 g/mol. The topological polar surface area (TPSA) is 292 Å². The van der Waals surface area contributed by atoms with Gasteiger partial charge in [-0.15, -0.1) is 0 Å². The van der Waals surface area contributed by atoms with Crippen molar-refractivity contribution in [1.82, 2.24) is 6.15 Å². The summed E-state index contributed by atoms with van der Waals surface area (Å²) in [6.45, 7) is 0. The van der Waals surface area contributed by atoms with Crippen LogP contribution in [-0.4, -0.2) is 24.5 Å². The Morgan fingerprint density at radius 3 is 0.952 bits per heavy atom. The molecule has 15 nitrogen and oxygen atoms in total. The van der Waals surface area contributed by atoms with E-state index in [1.807, 2.05) is 0 Å². The second kappa shape index (κ2) is 12.9. The third kappa shape index (κ3) is 45.0. The van der Waals surface area contributed by atoms with E-state index in [0.29, 0.717) is 0 Å². The van der Waals surface area contributed by atoms with Gasteiger partial charge in [-0.3, -0.25) is 8.88 Å². The van der Waals surface area contributed by atoms with Crippen molar-refractivity contribution < 1.29 is 134 Å². The molecule has 0 aliphatic rings. The van der Waals surface area contributed by atoms with Crippen LogP contribution < -0.4 is 72.2 Å². The molecule has 0 amide bonds. The predicted molar refractivity (Wildman–Crippen MR) is 48.7 cm³/mol. The van der Waals surface area contributed by atoms with Crippen LogP contribution in [-0.2, 0) is 44.0 Å². The predicted octanol–water partition coefficient (Wildman–Crippen LogP) is -6.36. The SMILES string of the molecule is N.O=P(O)(O)OP(=O)(O)O.O=P([O-])([O-])OP(=O)([O-])O.[Cu+2].[K+]. The Labute approximate surface area is 170 Å². The molecular formula is H8CuKNO14P4. The molecule has 129 valence electrons. The van der Waals surface area contributed by atoms with E-state index in [-0.39, 0.29) is 74.6 Å². The van der Waals surface area contributed by atoms with E-state index in [1.54, 1.807) is 0 Å².